The molecule has 0 spiro atoms. The maximum Gasteiger partial charge on any atom is 0.102 e. The van der Waals surface area contributed by atoms with Crippen LogP contribution in [-0.2, 0) is 0 Å². The van der Waals surface area contributed by atoms with Crippen molar-refractivity contribution in [2.75, 3.05) is 6.67 Å². The van der Waals surface area contributed by atoms with Gasteiger partial charge in [-0.2, -0.15) is 0 Å². The molecule has 1 heteroatoms. The minimum Gasteiger partial charge on any atom is -0.250 e. The zero-order valence-electron chi connectivity index (χ0n) is 7.89. The van der Waals surface area contributed by atoms with E-state index in [9.17, 15) is 4.39 Å². The van der Waals surface area contributed by atoms with Crippen LogP contribution in [0.15, 0.2) is 35.5 Å². The van der Waals surface area contributed by atoms with Crippen LogP contribution in [0.4, 0.5) is 4.39 Å². The molecule has 0 unspecified atom stereocenters. The van der Waals surface area contributed by atoms with Crippen molar-refractivity contribution >= 4 is 0 Å². The summed E-state index contributed by atoms with van der Waals surface area (Å²) in [6, 6.07) is 0. The van der Waals surface area contributed by atoms with Gasteiger partial charge in [0.25, 0.3) is 0 Å². The molecule has 0 fully saturated rings. The summed E-state index contributed by atoms with van der Waals surface area (Å²) in [6.45, 7) is 5.57. The molecule has 0 aromatic rings. The first-order valence-corrected chi connectivity index (χ1v) is 4.19. The van der Waals surface area contributed by atoms with Crippen LogP contribution in [0.3, 0.4) is 0 Å². The van der Waals surface area contributed by atoms with Crippen LogP contribution in [-0.4, -0.2) is 6.67 Å². The third-order valence-corrected chi connectivity index (χ3v) is 2.01. The minimum atomic E-state index is -0.405. The Morgan fingerprint density at radius 3 is 1.92 bits per heavy atom. The monoisotopic (exact) mass is 166 g/mol. The van der Waals surface area contributed by atoms with Crippen LogP contribution < -0.4 is 0 Å². The van der Waals surface area contributed by atoms with Crippen LogP contribution in [0, 0.1) is 5.41 Å². The molecule has 1 rings (SSSR count). The summed E-state index contributed by atoms with van der Waals surface area (Å²) in [5.74, 6) is 0. The molecule has 0 amide bonds. The Kier molecular flexibility index (Phi) is 2.51. The van der Waals surface area contributed by atoms with Crippen molar-refractivity contribution in [2.24, 2.45) is 5.41 Å². The van der Waals surface area contributed by atoms with Gasteiger partial charge in [-0.1, -0.05) is 42.4 Å². The summed E-state index contributed by atoms with van der Waals surface area (Å²) in [5.41, 5.74) is 1.85. The summed E-state index contributed by atoms with van der Waals surface area (Å²) in [4.78, 5) is 0. The third-order valence-electron chi connectivity index (χ3n) is 2.01. The van der Waals surface area contributed by atoms with Gasteiger partial charge in [0.1, 0.15) is 6.67 Å². The molecule has 0 aromatic carbocycles. The zero-order chi connectivity index (χ0) is 9.19. The van der Waals surface area contributed by atoms with E-state index in [4.69, 9.17) is 0 Å². The first-order valence-electron chi connectivity index (χ1n) is 4.19. The van der Waals surface area contributed by atoms with Gasteiger partial charge >= 0.3 is 0 Å². The maximum atomic E-state index is 12.7. The highest BCUT2D eigenvalue weighted by atomic mass is 19.1. The number of alkyl halides is 1. The molecule has 1 aliphatic rings. The lowest BCUT2D eigenvalue weighted by molar-refractivity contribution is 0.356. The molecule has 66 valence electrons. The van der Waals surface area contributed by atoms with Gasteiger partial charge in [0.15, 0.2) is 0 Å². The molecule has 0 aliphatic heterocycles. The Hall–Kier alpha value is -0.850. The highest BCUT2D eigenvalue weighted by Crippen LogP contribution is 2.27. The molecule has 1 aliphatic carbocycles. The van der Waals surface area contributed by atoms with Crippen molar-refractivity contribution in [1.29, 1.82) is 0 Å². The van der Waals surface area contributed by atoms with Crippen molar-refractivity contribution in [3.8, 4) is 0 Å². The summed E-state index contributed by atoms with van der Waals surface area (Å²) >= 11 is 0. The van der Waals surface area contributed by atoms with Crippen molar-refractivity contribution < 1.29 is 4.39 Å². The SMILES string of the molecule is CC1=CC(C)(CF)C=C(C)C=C1. The van der Waals surface area contributed by atoms with E-state index < -0.39 is 5.41 Å². The van der Waals surface area contributed by atoms with Crippen LogP contribution in [0.5, 0.6) is 0 Å². The molecule has 0 radical (unpaired) electrons. The van der Waals surface area contributed by atoms with Crippen LogP contribution in [0.1, 0.15) is 20.8 Å². The Morgan fingerprint density at radius 2 is 1.58 bits per heavy atom. The molecular weight excluding hydrogens is 151 g/mol. The highest BCUT2D eigenvalue weighted by Gasteiger charge is 2.19. The third kappa shape index (κ3) is 2.07. The topological polar surface area (TPSA) is 0 Å². The van der Waals surface area contributed by atoms with Crippen LogP contribution in [0.25, 0.3) is 0 Å². The molecule has 0 saturated heterocycles. The van der Waals surface area contributed by atoms with Crippen LogP contribution in [0.2, 0.25) is 0 Å². The lowest BCUT2D eigenvalue weighted by Gasteiger charge is -2.17. The molecular formula is C11H15F. The van der Waals surface area contributed by atoms with Gasteiger partial charge in [-0.25, -0.2) is 4.39 Å². The second-order valence-electron chi connectivity index (χ2n) is 3.75. The number of hydrogen-bond acceptors (Lipinski definition) is 0. The van der Waals surface area contributed by atoms with E-state index in [0.717, 1.165) is 11.1 Å². The smallest absolute Gasteiger partial charge is 0.102 e. The number of halogens is 1. The van der Waals surface area contributed by atoms with Gasteiger partial charge in [0, 0.05) is 5.41 Å². The fourth-order valence-corrected chi connectivity index (χ4v) is 1.52. The molecule has 0 N–H and O–H groups in total. The first kappa shape index (κ1) is 9.24. The normalized spacial score (nSPS) is 21.3. The Labute approximate surface area is 73.5 Å². The fourth-order valence-electron chi connectivity index (χ4n) is 1.52. The largest absolute Gasteiger partial charge is 0.250 e. The van der Waals surface area contributed by atoms with E-state index >= 15 is 0 Å². The molecule has 0 nitrogen and oxygen atoms in total. The maximum absolute atomic E-state index is 12.7. The van der Waals surface area contributed by atoms with Crippen molar-refractivity contribution in [2.45, 2.75) is 20.8 Å². The minimum absolute atomic E-state index is 0.330. The summed E-state index contributed by atoms with van der Waals surface area (Å²) in [5, 5.41) is 0. The second kappa shape index (κ2) is 3.26. The van der Waals surface area contributed by atoms with Gasteiger partial charge in [-0.3, -0.25) is 0 Å². The van der Waals surface area contributed by atoms with Gasteiger partial charge in [0.05, 0.1) is 0 Å². The first-order chi connectivity index (χ1) is 5.56. The molecule has 0 saturated carbocycles. The number of rotatable bonds is 1. The van der Waals surface area contributed by atoms with Crippen LogP contribution >= 0.6 is 0 Å². The van der Waals surface area contributed by atoms with E-state index in [1.165, 1.54) is 0 Å². The van der Waals surface area contributed by atoms with Gasteiger partial charge in [-0.15, -0.1) is 0 Å². The summed E-state index contributed by atoms with van der Waals surface area (Å²) in [7, 11) is 0. The van der Waals surface area contributed by atoms with Crippen molar-refractivity contribution in [3.05, 3.63) is 35.5 Å². The Morgan fingerprint density at radius 1 is 1.17 bits per heavy atom. The van der Waals surface area contributed by atoms with E-state index in [0.29, 0.717) is 0 Å². The van der Waals surface area contributed by atoms with E-state index in [2.05, 4.69) is 0 Å². The number of hydrogen-bond donors (Lipinski definition) is 0. The summed E-state index contributed by atoms with van der Waals surface area (Å²) < 4.78 is 12.7. The zero-order valence-corrected chi connectivity index (χ0v) is 7.89. The standard InChI is InChI=1S/C11H15F/c1-9-4-5-10(2)7-11(3,6-9)8-12/h4-7H,8H2,1-3H3. The molecule has 0 aromatic heterocycles. The van der Waals surface area contributed by atoms with E-state index in [1.54, 1.807) is 0 Å². The van der Waals surface area contributed by atoms with E-state index in [-0.39, 0.29) is 6.67 Å². The van der Waals surface area contributed by atoms with Crippen molar-refractivity contribution in [3.63, 3.8) is 0 Å². The van der Waals surface area contributed by atoms with Gasteiger partial charge < -0.3 is 0 Å². The lowest BCUT2D eigenvalue weighted by Crippen LogP contribution is -2.12. The Balaban J connectivity index is 3.04. The average molecular weight is 166 g/mol. The molecule has 0 bridgehead atoms. The Bertz CT molecular complexity index is 234. The second-order valence-corrected chi connectivity index (χ2v) is 3.75. The quantitative estimate of drug-likeness (QED) is 0.560. The molecule has 12 heavy (non-hydrogen) atoms. The van der Waals surface area contributed by atoms with Gasteiger partial charge in [0.2, 0.25) is 0 Å². The molecule has 0 atom stereocenters. The number of allylic oxidation sites excluding steroid dienone is 6. The van der Waals surface area contributed by atoms with E-state index in [1.807, 2.05) is 45.1 Å². The predicted octanol–water partition coefficient (Wildman–Crippen LogP) is 3.42. The summed E-state index contributed by atoms with van der Waals surface area (Å²) in [6.07, 6.45) is 7.99. The fraction of sp³-hybridized carbons (Fsp3) is 0.455. The van der Waals surface area contributed by atoms with Gasteiger partial charge in [-0.05, 0) is 13.8 Å². The average Bonchev–Trinajstić information content (AvgIpc) is 2.11. The molecule has 0 heterocycles. The predicted molar refractivity (Wildman–Crippen MR) is 50.7 cm³/mol. The van der Waals surface area contributed by atoms with Crippen molar-refractivity contribution in [1.82, 2.24) is 0 Å². The lowest BCUT2D eigenvalue weighted by atomic mass is 9.89. The highest BCUT2D eigenvalue weighted by molar-refractivity contribution is 5.34.